The molecule has 0 aromatic carbocycles. The summed E-state index contributed by atoms with van der Waals surface area (Å²) in [5, 5.41) is 3.23. The highest BCUT2D eigenvalue weighted by Crippen LogP contribution is 2.27. The number of aryl methyl sites for hydroxylation is 1. The minimum Gasteiger partial charge on any atom is -0.378 e. The van der Waals surface area contributed by atoms with Crippen LogP contribution >= 0.6 is 11.3 Å². The third kappa shape index (κ3) is 3.74. The van der Waals surface area contributed by atoms with Crippen LogP contribution in [0.15, 0.2) is 5.38 Å². The summed E-state index contributed by atoms with van der Waals surface area (Å²) in [4.78, 5) is 21.1. The van der Waals surface area contributed by atoms with Crippen molar-refractivity contribution in [2.75, 3.05) is 44.3 Å². The molecule has 0 aliphatic carbocycles. The van der Waals surface area contributed by atoms with Gasteiger partial charge in [0.2, 0.25) is 5.91 Å². The molecular formula is C15H23N3O2S. The second-order valence-corrected chi connectivity index (χ2v) is 6.74. The number of anilines is 1. The summed E-state index contributed by atoms with van der Waals surface area (Å²) in [6.07, 6.45) is 2.88. The second-order valence-electron chi connectivity index (χ2n) is 5.90. The molecule has 0 spiro atoms. The number of hydrogen-bond acceptors (Lipinski definition) is 5. The fourth-order valence-electron chi connectivity index (χ4n) is 3.00. The van der Waals surface area contributed by atoms with Crippen molar-refractivity contribution in [3.8, 4) is 0 Å². The number of thiazole rings is 1. The van der Waals surface area contributed by atoms with Crippen LogP contribution in [-0.2, 0) is 9.53 Å². The Hall–Kier alpha value is -1.14. The van der Waals surface area contributed by atoms with Crippen LogP contribution in [0.3, 0.4) is 0 Å². The van der Waals surface area contributed by atoms with Crippen LogP contribution in [0.2, 0.25) is 0 Å². The molecule has 2 fully saturated rings. The number of morpholine rings is 1. The predicted octanol–water partition coefficient (Wildman–Crippen LogP) is 1.92. The maximum atomic E-state index is 12.3. The third-order valence-electron chi connectivity index (χ3n) is 4.32. The van der Waals surface area contributed by atoms with E-state index in [1.54, 1.807) is 11.3 Å². The minimum atomic E-state index is 0.307. The molecule has 0 bridgehead atoms. The van der Waals surface area contributed by atoms with Crippen LogP contribution in [0.1, 0.15) is 25.0 Å². The second kappa shape index (κ2) is 6.75. The van der Waals surface area contributed by atoms with Crippen molar-refractivity contribution < 1.29 is 9.53 Å². The Bertz CT molecular complexity index is 477. The van der Waals surface area contributed by atoms with Gasteiger partial charge in [-0.25, -0.2) is 4.98 Å². The zero-order chi connectivity index (χ0) is 14.7. The lowest BCUT2D eigenvalue weighted by Crippen LogP contribution is -2.42. The van der Waals surface area contributed by atoms with Crippen molar-refractivity contribution >= 4 is 22.4 Å². The van der Waals surface area contributed by atoms with Crippen LogP contribution in [0.4, 0.5) is 5.13 Å². The quantitative estimate of drug-likeness (QED) is 0.856. The van der Waals surface area contributed by atoms with E-state index in [9.17, 15) is 4.79 Å². The summed E-state index contributed by atoms with van der Waals surface area (Å²) < 4.78 is 5.30. The Kier molecular flexibility index (Phi) is 4.75. The first kappa shape index (κ1) is 14.8. The van der Waals surface area contributed by atoms with Crippen molar-refractivity contribution in [2.45, 2.75) is 26.2 Å². The summed E-state index contributed by atoms with van der Waals surface area (Å²) in [7, 11) is 0. The molecule has 21 heavy (non-hydrogen) atoms. The smallest absolute Gasteiger partial charge is 0.223 e. The summed E-state index contributed by atoms with van der Waals surface area (Å²) in [6.45, 7) is 6.98. The number of amides is 1. The molecule has 0 atom stereocenters. The number of rotatable bonds is 3. The Morgan fingerprint density at radius 1 is 1.33 bits per heavy atom. The number of carbonyl (C=O) groups is 1. The molecular weight excluding hydrogens is 286 g/mol. The molecule has 0 radical (unpaired) electrons. The number of nitrogens with zero attached hydrogens (tertiary/aromatic N) is 3. The van der Waals surface area contributed by atoms with Gasteiger partial charge in [-0.05, 0) is 25.7 Å². The number of aromatic nitrogens is 1. The molecule has 0 N–H and O–H groups in total. The van der Waals surface area contributed by atoms with Crippen molar-refractivity contribution in [3.05, 3.63) is 11.1 Å². The minimum absolute atomic E-state index is 0.307. The molecule has 5 nitrogen and oxygen atoms in total. The van der Waals surface area contributed by atoms with Gasteiger partial charge >= 0.3 is 0 Å². The van der Waals surface area contributed by atoms with Gasteiger partial charge in [-0.15, -0.1) is 11.3 Å². The van der Waals surface area contributed by atoms with Gasteiger partial charge in [0.15, 0.2) is 5.13 Å². The topological polar surface area (TPSA) is 45.7 Å². The van der Waals surface area contributed by atoms with Crippen LogP contribution in [0.5, 0.6) is 0 Å². The van der Waals surface area contributed by atoms with E-state index in [0.29, 0.717) is 31.5 Å². The molecule has 3 heterocycles. The fourth-order valence-corrected chi connectivity index (χ4v) is 3.86. The summed E-state index contributed by atoms with van der Waals surface area (Å²) in [6, 6.07) is 0. The molecule has 0 unspecified atom stereocenters. The Labute approximate surface area is 129 Å². The van der Waals surface area contributed by atoms with E-state index in [2.05, 4.69) is 15.3 Å². The molecule has 2 aliphatic heterocycles. The molecule has 6 heteroatoms. The monoisotopic (exact) mass is 309 g/mol. The van der Waals surface area contributed by atoms with Crippen molar-refractivity contribution in [1.29, 1.82) is 0 Å². The first-order valence-electron chi connectivity index (χ1n) is 7.75. The standard InChI is InChI=1S/C15H23N3O2S/c1-12-11-21-15(16-12)18-4-2-13(3-5-18)10-14(19)17-6-8-20-9-7-17/h11,13H,2-10H2,1H3. The zero-order valence-corrected chi connectivity index (χ0v) is 13.4. The van der Waals surface area contributed by atoms with Gasteiger partial charge in [-0.3, -0.25) is 4.79 Å². The summed E-state index contributed by atoms with van der Waals surface area (Å²) in [5.41, 5.74) is 1.10. The van der Waals surface area contributed by atoms with Crippen molar-refractivity contribution in [2.24, 2.45) is 5.92 Å². The molecule has 2 saturated heterocycles. The largest absolute Gasteiger partial charge is 0.378 e. The Morgan fingerprint density at radius 2 is 2.05 bits per heavy atom. The van der Waals surface area contributed by atoms with Crippen molar-refractivity contribution in [3.63, 3.8) is 0 Å². The Morgan fingerprint density at radius 3 is 2.67 bits per heavy atom. The van der Waals surface area contributed by atoms with Gasteiger partial charge in [-0.1, -0.05) is 0 Å². The van der Waals surface area contributed by atoms with Gasteiger partial charge in [0.1, 0.15) is 0 Å². The van der Waals surface area contributed by atoms with Gasteiger partial charge in [0.25, 0.3) is 0 Å². The maximum Gasteiger partial charge on any atom is 0.223 e. The van der Waals surface area contributed by atoms with Crippen LogP contribution in [0.25, 0.3) is 0 Å². The van der Waals surface area contributed by atoms with E-state index >= 15 is 0 Å². The molecule has 0 saturated carbocycles. The van der Waals surface area contributed by atoms with E-state index in [4.69, 9.17) is 4.74 Å². The van der Waals surface area contributed by atoms with Crippen molar-refractivity contribution in [1.82, 2.24) is 9.88 Å². The SMILES string of the molecule is Cc1csc(N2CCC(CC(=O)N3CCOCC3)CC2)n1. The zero-order valence-electron chi connectivity index (χ0n) is 12.6. The lowest BCUT2D eigenvalue weighted by Gasteiger charge is -2.33. The average Bonchev–Trinajstić information content (AvgIpc) is 2.95. The summed E-state index contributed by atoms with van der Waals surface area (Å²) >= 11 is 1.72. The van der Waals surface area contributed by atoms with Crippen LogP contribution in [-0.4, -0.2) is 55.2 Å². The first-order valence-corrected chi connectivity index (χ1v) is 8.63. The van der Waals surface area contributed by atoms with E-state index in [1.807, 2.05) is 11.8 Å². The lowest BCUT2D eigenvalue weighted by molar-refractivity contribution is -0.136. The molecule has 1 aromatic rings. The van der Waals surface area contributed by atoms with Crippen LogP contribution in [0, 0.1) is 12.8 Å². The normalized spacial score (nSPS) is 20.8. The van der Waals surface area contributed by atoms with Gasteiger partial charge in [-0.2, -0.15) is 0 Å². The number of carbonyl (C=O) groups excluding carboxylic acids is 1. The number of piperidine rings is 1. The highest BCUT2D eigenvalue weighted by Gasteiger charge is 2.25. The van der Waals surface area contributed by atoms with E-state index < -0.39 is 0 Å². The molecule has 1 aromatic heterocycles. The average molecular weight is 309 g/mol. The highest BCUT2D eigenvalue weighted by atomic mass is 32.1. The van der Waals surface area contributed by atoms with Gasteiger partial charge in [0, 0.05) is 38.0 Å². The van der Waals surface area contributed by atoms with E-state index in [0.717, 1.165) is 49.8 Å². The van der Waals surface area contributed by atoms with E-state index in [1.165, 1.54) is 0 Å². The molecule has 3 rings (SSSR count). The van der Waals surface area contributed by atoms with Gasteiger partial charge < -0.3 is 14.5 Å². The molecule has 2 aliphatic rings. The number of hydrogen-bond donors (Lipinski definition) is 0. The van der Waals surface area contributed by atoms with Crippen LogP contribution < -0.4 is 4.90 Å². The molecule has 116 valence electrons. The van der Waals surface area contributed by atoms with E-state index in [-0.39, 0.29) is 0 Å². The molecule has 1 amide bonds. The Balaban J connectivity index is 1.46. The third-order valence-corrected chi connectivity index (χ3v) is 5.34. The number of ether oxygens (including phenoxy) is 1. The summed E-state index contributed by atoms with van der Waals surface area (Å²) in [5.74, 6) is 0.833. The first-order chi connectivity index (χ1) is 10.2. The fraction of sp³-hybridized carbons (Fsp3) is 0.733. The maximum absolute atomic E-state index is 12.3. The predicted molar refractivity (Wildman–Crippen MR) is 83.8 cm³/mol. The van der Waals surface area contributed by atoms with Gasteiger partial charge in [0.05, 0.1) is 18.9 Å². The highest BCUT2D eigenvalue weighted by molar-refractivity contribution is 7.13. The lowest BCUT2D eigenvalue weighted by atomic mass is 9.93.